The Hall–Kier alpha value is -1.77. The van der Waals surface area contributed by atoms with Crippen molar-refractivity contribution in [3.8, 4) is 0 Å². The van der Waals surface area contributed by atoms with Gasteiger partial charge < -0.3 is 0 Å². The maximum atomic E-state index is 12.2. The van der Waals surface area contributed by atoms with Crippen molar-refractivity contribution in [3.63, 3.8) is 0 Å². The highest BCUT2D eigenvalue weighted by Crippen LogP contribution is 2.20. The molecular formula is C10H6BrF3N4O. The van der Waals surface area contributed by atoms with Gasteiger partial charge in [0.15, 0.2) is 5.69 Å². The van der Waals surface area contributed by atoms with E-state index in [-0.39, 0.29) is 6.54 Å². The summed E-state index contributed by atoms with van der Waals surface area (Å²) >= 11 is 3.22. The zero-order chi connectivity index (χ0) is 14.0. The molecule has 5 nitrogen and oxygen atoms in total. The topological polar surface area (TPSA) is 60.7 Å². The molecule has 0 atom stereocenters. The molecule has 0 bridgehead atoms. The maximum absolute atomic E-state index is 12.2. The van der Waals surface area contributed by atoms with Crippen LogP contribution in [0.25, 0.3) is 0 Å². The third-order valence-corrected chi connectivity index (χ3v) is 2.57. The molecule has 2 aromatic rings. The summed E-state index contributed by atoms with van der Waals surface area (Å²) in [6.45, 7) is 0.171. The first-order chi connectivity index (χ1) is 8.86. The standard InChI is InChI=1S/C10H6BrF3N4O/c11-7-1-6(2-15-3-7)4-18-5-8(16-17-18)9(19)10(12,13)14/h1-3,5H,4H2. The molecule has 100 valence electrons. The van der Waals surface area contributed by atoms with Crippen molar-refractivity contribution in [3.05, 3.63) is 40.4 Å². The van der Waals surface area contributed by atoms with Gasteiger partial charge in [0, 0.05) is 16.9 Å². The fourth-order valence-electron chi connectivity index (χ4n) is 1.35. The van der Waals surface area contributed by atoms with Gasteiger partial charge in [-0.25, -0.2) is 4.68 Å². The number of aromatic nitrogens is 4. The first kappa shape index (κ1) is 13.7. The molecule has 0 aromatic carbocycles. The average Bonchev–Trinajstić information content (AvgIpc) is 2.75. The van der Waals surface area contributed by atoms with E-state index in [4.69, 9.17) is 0 Å². The predicted molar refractivity (Wildman–Crippen MR) is 61.4 cm³/mol. The molecular weight excluding hydrogens is 329 g/mol. The number of halogens is 4. The van der Waals surface area contributed by atoms with Crippen LogP contribution in [0.15, 0.2) is 29.1 Å². The number of alkyl halides is 3. The lowest BCUT2D eigenvalue weighted by atomic mass is 10.3. The minimum absolute atomic E-state index is 0.171. The van der Waals surface area contributed by atoms with Crippen molar-refractivity contribution in [1.82, 2.24) is 20.0 Å². The van der Waals surface area contributed by atoms with Crippen molar-refractivity contribution < 1.29 is 18.0 Å². The summed E-state index contributed by atoms with van der Waals surface area (Å²) in [5.41, 5.74) is -0.0132. The van der Waals surface area contributed by atoms with Crippen LogP contribution in [-0.4, -0.2) is 31.9 Å². The van der Waals surface area contributed by atoms with Crippen LogP contribution in [0.5, 0.6) is 0 Å². The summed E-state index contributed by atoms with van der Waals surface area (Å²) in [5, 5.41) is 6.69. The van der Waals surface area contributed by atoms with Crippen molar-refractivity contribution in [2.24, 2.45) is 0 Å². The molecule has 2 aromatic heterocycles. The van der Waals surface area contributed by atoms with E-state index in [9.17, 15) is 18.0 Å². The Morgan fingerprint density at radius 1 is 1.37 bits per heavy atom. The second-order valence-electron chi connectivity index (χ2n) is 3.64. The lowest BCUT2D eigenvalue weighted by molar-refractivity contribution is -0.0888. The number of rotatable bonds is 3. The maximum Gasteiger partial charge on any atom is 0.456 e. The lowest BCUT2D eigenvalue weighted by Gasteiger charge is -2.01. The molecule has 0 unspecified atom stereocenters. The molecule has 0 amide bonds. The number of hydrogen-bond donors (Lipinski definition) is 0. The van der Waals surface area contributed by atoms with E-state index in [0.29, 0.717) is 5.56 Å². The first-order valence-electron chi connectivity index (χ1n) is 4.97. The summed E-state index contributed by atoms with van der Waals surface area (Å²) in [7, 11) is 0. The number of pyridine rings is 1. The minimum Gasteiger partial charge on any atom is -0.282 e. The van der Waals surface area contributed by atoms with Gasteiger partial charge in [-0.1, -0.05) is 5.21 Å². The quantitative estimate of drug-likeness (QED) is 0.807. The summed E-state index contributed by atoms with van der Waals surface area (Å²) in [6.07, 6.45) is -0.879. The molecule has 2 rings (SSSR count). The fraction of sp³-hybridized carbons (Fsp3) is 0.200. The van der Waals surface area contributed by atoms with E-state index in [1.165, 1.54) is 6.20 Å². The number of nitrogens with zero attached hydrogens (tertiary/aromatic N) is 4. The molecule has 0 saturated carbocycles. The van der Waals surface area contributed by atoms with Crippen molar-refractivity contribution in [1.29, 1.82) is 0 Å². The van der Waals surface area contributed by atoms with Gasteiger partial charge >= 0.3 is 6.18 Å². The molecule has 0 aliphatic carbocycles. The van der Waals surface area contributed by atoms with Gasteiger partial charge in [-0.2, -0.15) is 13.2 Å². The SMILES string of the molecule is O=C(c1cn(Cc2cncc(Br)c2)nn1)C(F)(F)F. The highest BCUT2D eigenvalue weighted by atomic mass is 79.9. The number of ketones is 1. The Morgan fingerprint density at radius 3 is 2.74 bits per heavy atom. The van der Waals surface area contributed by atoms with Crippen LogP contribution < -0.4 is 0 Å². The van der Waals surface area contributed by atoms with Crippen LogP contribution in [0, 0.1) is 0 Å². The Balaban J connectivity index is 2.16. The van der Waals surface area contributed by atoms with Crippen LogP contribution in [0.3, 0.4) is 0 Å². The minimum atomic E-state index is -4.95. The van der Waals surface area contributed by atoms with Gasteiger partial charge in [-0.3, -0.25) is 9.78 Å². The van der Waals surface area contributed by atoms with Gasteiger partial charge in [-0.05, 0) is 27.6 Å². The second-order valence-corrected chi connectivity index (χ2v) is 4.56. The normalized spacial score (nSPS) is 11.6. The van der Waals surface area contributed by atoms with E-state index in [0.717, 1.165) is 15.4 Å². The van der Waals surface area contributed by atoms with Gasteiger partial charge in [-0.15, -0.1) is 5.10 Å². The van der Waals surface area contributed by atoms with Crippen LogP contribution in [0.1, 0.15) is 16.1 Å². The zero-order valence-electron chi connectivity index (χ0n) is 9.23. The van der Waals surface area contributed by atoms with Crippen molar-refractivity contribution in [2.75, 3.05) is 0 Å². The highest BCUT2D eigenvalue weighted by Gasteiger charge is 2.41. The average molecular weight is 335 g/mol. The van der Waals surface area contributed by atoms with Gasteiger partial charge in [0.05, 0.1) is 12.7 Å². The van der Waals surface area contributed by atoms with Crippen LogP contribution >= 0.6 is 15.9 Å². The molecule has 9 heteroatoms. The van der Waals surface area contributed by atoms with E-state index in [1.807, 2.05) is 0 Å². The third-order valence-electron chi connectivity index (χ3n) is 2.13. The van der Waals surface area contributed by atoms with Crippen LogP contribution in [0.2, 0.25) is 0 Å². The molecule has 2 heterocycles. The number of carbonyl (C=O) groups is 1. The number of hydrogen-bond acceptors (Lipinski definition) is 4. The Morgan fingerprint density at radius 2 is 2.11 bits per heavy atom. The molecule has 0 radical (unpaired) electrons. The van der Waals surface area contributed by atoms with E-state index >= 15 is 0 Å². The predicted octanol–water partition coefficient (Wildman–Crippen LogP) is 2.23. The summed E-state index contributed by atoms with van der Waals surface area (Å²) in [4.78, 5) is 14.8. The highest BCUT2D eigenvalue weighted by molar-refractivity contribution is 9.10. The molecule has 0 spiro atoms. The van der Waals surface area contributed by atoms with Gasteiger partial charge in [0.25, 0.3) is 5.78 Å². The molecule has 0 N–H and O–H groups in total. The molecule has 19 heavy (non-hydrogen) atoms. The largest absolute Gasteiger partial charge is 0.456 e. The van der Waals surface area contributed by atoms with Crippen LogP contribution in [0.4, 0.5) is 13.2 Å². The van der Waals surface area contributed by atoms with Crippen molar-refractivity contribution >= 4 is 21.7 Å². The van der Waals surface area contributed by atoms with Crippen LogP contribution in [-0.2, 0) is 6.54 Å². The number of carbonyl (C=O) groups excluding carboxylic acids is 1. The summed E-state index contributed by atoms with van der Waals surface area (Å²) in [5.74, 6) is -2.01. The van der Waals surface area contributed by atoms with Gasteiger partial charge in [0.2, 0.25) is 0 Å². The lowest BCUT2D eigenvalue weighted by Crippen LogP contribution is -2.23. The Labute approximate surface area is 113 Å². The summed E-state index contributed by atoms with van der Waals surface area (Å²) < 4.78 is 38.4. The summed E-state index contributed by atoms with van der Waals surface area (Å²) in [6, 6.07) is 1.74. The molecule has 0 fully saturated rings. The van der Waals surface area contributed by atoms with Crippen molar-refractivity contribution in [2.45, 2.75) is 12.7 Å². The first-order valence-corrected chi connectivity index (χ1v) is 5.76. The monoisotopic (exact) mass is 334 g/mol. The van der Waals surface area contributed by atoms with E-state index in [1.54, 1.807) is 12.3 Å². The van der Waals surface area contributed by atoms with Gasteiger partial charge in [0.1, 0.15) is 0 Å². The smallest absolute Gasteiger partial charge is 0.282 e. The zero-order valence-corrected chi connectivity index (χ0v) is 10.8. The Kier molecular flexibility index (Phi) is 3.65. The number of Topliss-reactive ketones (excluding diaryl/α,β-unsaturated/α-hetero) is 1. The molecule has 0 saturated heterocycles. The fourth-order valence-corrected chi connectivity index (χ4v) is 1.77. The Bertz CT molecular complexity index is 611. The molecule has 0 aliphatic heterocycles. The van der Waals surface area contributed by atoms with E-state index < -0.39 is 17.7 Å². The van der Waals surface area contributed by atoms with E-state index in [2.05, 4.69) is 31.2 Å². The second kappa shape index (κ2) is 5.08. The third kappa shape index (κ3) is 3.37. The molecule has 0 aliphatic rings.